The number of benzene rings is 2. The molecule has 0 aliphatic heterocycles. The summed E-state index contributed by atoms with van der Waals surface area (Å²) in [6, 6.07) is 19.0. The molecule has 2 aromatic carbocycles. The molecule has 1 N–H and O–H groups in total. The molecular formula is C22H26N2O2. The molecule has 0 radical (unpaired) electrons. The number of hydrogen-bond acceptors (Lipinski definition) is 3. The Balaban J connectivity index is 2.31. The monoisotopic (exact) mass is 350 g/mol. The third kappa shape index (κ3) is 5.06. The molecule has 0 saturated carbocycles. The summed E-state index contributed by atoms with van der Waals surface area (Å²) < 4.78 is 0. The Labute approximate surface area is 155 Å². The molecule has 26 heavy (non-hydrogen) atoms. The zero-order valence-electron chi connectivity index (χ0n) is 15.8. The summed E-state index contributed by atoms with van der Waals surface area (Å²) in [5.74, 6) is -0.611. The lowest BCUT2D eigenvalue weighted by Gasteiger charge is -2.24. The average molecular weight is 350 g/mol. The molecule has 2 rings (SSSR count). The first-order valence-corrected chi connectivity index (χ1v) is 8.73. The smallest absolute Gasteiger partial charge is 0.230 e. The molecule has 2 atom stereocenters. The van der Waals surface area contributed by atoms with E-state index >= 15 is 0 Å². The van der Waals surface area contributed by atoms with Crippen LogP contribution in [0.3, 0.4) is 0 Å². The van der Waals surface area contributed by atoms with Gasteiger partial charge in [0.1, 0.15) is 0 Å². The molecule has 0 bridgehead atoms. The Morgan fingerprint density at radius 3 is 2.00 bits per heavy atom. The largest absolute Gasteiger partial charge is 0.381 e. The van der Waals surface area contributed by atoms with Gasteiger partial charge in [-0.3, -0.25) is 9.59 Å². The number of carbonyl (C=O) groups is 2. The van der Waals surface area contributed by atoms with Crippen molar-refractivity contribution in [3.05, 3.63) is 83.6 Å². The lowest BCUT2D eigenvalue weighted by Crippen LogP contribution is -2.34. The second-order valence-electron chi connectivity index (χ2n) is 6.56. The highest BCUT2D eigenvalue weighted by Gasteiger charge is 2.22. The Morgan fingerprint density at radius 2 is 1.46 bits per heavy atom. The van der Waals surface area contributed by atoms with Gasteiger partial charge in [0.2, 0.25) is 5.91 Å². The first-order chi connectivity index (χ1) is 12.4. The molecule has 1 amide bonds. The van der Waals surface area contributed by atoms with Crippen LogP contribution in [-0.2, 0) is 4.79 Å². The van der Waals surface area contributed by atoms with Crippen molar-refractivity contribution in [3.63, 3.8) is 0 Å². The van der Waals surface area contributed by atoms with Crippen LogP contribution in [0.2, 0.25) is 0 Å². The Hall–Kier alpha value is -2.88. The van der Waals surface area contributed by atoms with Crippen molar-refractivity contribution in [3.8, 4) is 0 Å². The summed E-state index contributed by atoms with van der Waals surface area (Å²) in [7, 11) is 3.44. The number of nitrogens with one attached hydrogen (secondary N) is 1. The van der Waals surface area contributed by atoms with Crippen LogP contribution in [0.25, 0.3) is 0 Å². The summed E-state index contributed by atoms with van der Waals surface area (Å²) >= 11 is 0. The van der Waals surface area contributed by atoms with Crippen LogP contribution < -0.4 is 5.32 Å². The highest BCUT2D eigenvalue weighted by molar-refractivity contribution is 6.05. The zero-order chi connectivity index (χ0) is 19.1. The number of allylic oxidation sites excluding steroid dienone is 1. The third-order valence-electron chi connectivity index (χ3n) is 4.31. The molecular weight excluding hydrogens is 324 g/mol. The van der Waals surface area contributed by atoms with Crippen LogP contribution >= 0.6 is 0 Å². The molecule has 4 nitrogen and oxygen atoms in total. The van der Waals surface area contributed by atoms with Gasteiger partial charge in [-0.25, -0.2) is 0 Å². The van der Waals surface area contributed by atoms with Gasteiger partial charge in [0.25, 0.3) is 0 Å². The maximum atomic E-state index is 12.6. The van der Waals surface area contributed by atoms with Crippen molar-refractivity contribution in [2.45, 2.75) is 19.9 Å². The highest BCUT2D eigenvalue weighted by Crippen LogP contribution is 2.19. The maximum absolute atomic E-state index is 12.6. The lowest BCUT2D eigenvalue weighted by molar-refractivity contribution is -0.131. The minimum Gasteiger partial charge on any atom is -0.381 e. The predicted molar refractivity (Wildman–Crippen MR) is 105 cm³/mol. The van der Waals surface area contributed by atoms with Gasteiger partial charge in [-0.2, -0.15) is 0 Å². The fourth-order valence-electron chi connectivity index (χ4n) is 2.71. The first-order valence-electron chi connectivity index (χ1n) is 8.73. The van der Waals surface area contributed by atoms with Crippen LogP contribution in [-0.4, -0.2) is 30.7 Å². The number of rotatable bonds is 7. The molecule has 0 saturated heterocycles. The summed E-state index contributed by atoms with van der Waals surface area (Å²) in [5.41, 5.74) is 2.31. The van der Waals surface area contributed by atoms with Gasteiger partial charge in [-0.05, 0) is 19.4 Å². The van der Waals surface area contributed by atoms with Crippen molar-refractivity contribution in [1.29, 1.82) is 0 Å². The maximum Gasteiger partial charge on any atom is 0.230 e. The standard InChI is InChI=1S/C22H26N2O2/c1-16(22(26)24(3)4)20(15-21(25)19-13-9-6-10-14-19)23-17(2)18-11-7-5-8-12-18/h5-17,23H,1-4H3/b20-15-/t16-,17+/m0/s1. The number of ketones is 1. The van der Waals surface area contributed by atoms with E-state index in [4.69, 9.17) is 0 Å². The van der Waals surface area contributed by atoms with E-state index in [-0.39, 0.29) is 17.7 Å². The van der Waals surface area contributed by atoms with Gasteiger partial charge in [0.05, 0.1) is 5.92 Å². The number of nitrogens with zero attached hydrogens (tertiary/aromatic N) is 1. The van der Waals surface area contributed by atoms with Gasteiger partial charge in [0.15, 0.2) is 5.78 Å². The summed E-state index contributed by atoms with van der Waals surface area (Å²) in [4.78, 5) is 26.6. The van der Waals surface area contributed by atoms with Crippen LogP contribution in [0.15, 0.2) is 72.4 Å². The quantitative estimate of drug-likeness (QED) is 0.610. The van der Waals surface area contributed by atoms with Crippen molar-refractivity contribution in [2.24, 2.45) is 5.92 Å². The Morgan fingerprint density at radius 1 is 0.923 bits per heavy atom. The second-order valence-corrected chi connectivity index (χ2v) is 6.56. The number of carbonyl (C=O) groups excluding carboxylic acids is 2. The molecule has 0 fully saturated rings. The van der Waals surface area contributed by atoms with Crippen molar-refractivity contribution in [1.82, 2.24) is 10.2 Å². The lowest BCUT2D eigenvalue weighted by atomic mass is 10.0. The minimum atomic E-state index is -0.441. The molecule has 0 aliphatic carbocycles. The Bertz CT molecular complexity index is 767. The molecule has 4 heteroatoms. The van der Waals surface area contributed by atoms with Gasteiger partial charge < -0.3 is 10.2 Å². The van der Waals surface area contributed by atoms with Crippen molar-refractivity contribution < 1.29 is 9.59 Å². The summed E-state index contributed by atoms with van der Waals surface area (Å²) in [6.45, 7) is 3.83. The minimum absolute atomic E-state index is 0.0246. The van der Waals surface area contributed by atoms with E-state index in [1.165, 1.54) is 0 Å². The van der Waals surface area contributed by atoms with Crippen LogP contribution in [0.4, 0.5) is 0 Å². The SMILES string of the molecule is C[C@H](C(=O)N(C)C)/C(=C/C(=O)c1ccccc1)N[C@H](C)c1ccccc1. The van der Waals surface area contributed by atoms with E-state index < -0.39 is 5.92 Å². The number of hydrogen-bond donors (Lipinski definition) is 1. The van der Waals surface area contributed by atoms with E-state index in [0.29, 0.717) is 11.3 Å². The third-order valence-corrected chi connectivity index (χ3v) is 4.31. The van der Waals surface area contributed by atoms with E-state index in [9.17, 15) is 9.59 Å². The molecule has 136 valence electrons. The van der Waals surface area contributed by atoms with Crippen LogP contribution in [0, 0.1) is 5.92 Å². The number of amides is 1. The van der Waals surface area contributed by atoms with Gasteiger partial charge >= 0.3 is 0 Å². The summed E-state index contributed by atoms with van der Waals surface area (Å²) in [6.07, 6.45) is 1.54. The molecule has 0 aromatic heterocycles. The first kappa shape index (κ1) is 19.4. The van der Waals surface area contributed by atoms with Crippen molar-refractivity contribution >= 4 is 11.7 Å². The van der Waals surface area contributed by atoms with E-state index in [2.05, 4.69) is 5.32 Å². The second kappa shape index (κ2) is 8.99. The fourth-order valence-corrected chi connectivity index (χ4v) is 2.71. The van der Waals surface area contributed by atoms with Crippen molar-refractivity contribution in [2.75, 3.05) is 14.1 Å². The van der Waals surface area contributed by atoms with Gasteiger partial charge in [-0.1, -0.05) is 60.7 Å². The molecule has 0 aliphatic rings. The highest BCUT2D eigenvalue weighted by atomic mass is 16.2. The predicted octanol–water partition coefficient (Wildman–Crippen LogP) is 3.83. The normalized spacial score (nSPS) is 13.6. The molecule has 0 unspecified atom stereocenters. The Kier molecular flexibility index (Phi) is 6.73. The van der Waals surface area contributed by atoms with Gasteiger partial charge in [0, 0.05) is 37.5 Å². The average Bonchev–Trinajstić information content (AvgIpc) is 2.67. The molecule has 0 spiro atoms. The summed E-state index contributed by atoms with van der Waals surface area (Å²) in [5, 5.41) is 3.36. The van der Waals surface area contributed by atoms with E-state index in [1.807, 2.05) is 62.4 Å². The van der Waals surface area contributed by atoms with Gasteiger partial charge in [-0.15, -0.1) is 0 Å². The topological polar surface area (TPSA) is 49.4 Å². The van der Waals surface area contributed by atoms with Crippen LogP contribution in [0.5, 0.6) is 0 Å². The fraction of sp³-hybridized carbons (Fsp3) is 0.273. The zero-order valence-corrected chi connectivity index (χ0v) is 15.8. The molecule has 2 aromatic rings. The van der Waals surface area contributed by atoms with Crippen LogP contribution in [0.1, 0.15) is 35.8 Å². The molecule has 0 heterocycles. The van der Waals surface area contributed by atoms with E-state index in [1.54, 1.807) is 37.2 Å². The van der Waals surface area contributed by atoms with E-state index in [0.717, 1.165) is 5.56 Å².